The van der Waals surface area contributed by atoms with E-state index in [9.17, 15) is 4.79 Å². The molecule has 0 unspecified atom stereocenters. The van der Waals surface area contributed by atoms with Crippen LogP contribution in [-0.2, 0) is 9.53 Å². The highest BCUT2D eigenvalue weighted by Gasteiger charge is 2.36. The maximum atomic E-state index is 12.9. The molecule has 0 spiro atoms. The van der Waals surface area contributed by atoms with Gasteiger partial charge in [0.1, 0.15) is 0 Å². The van der Waals surface area contributed by atoms with Crippen LogP contribution < -0.4 is 10.2 Å². The molecule has 2 aromatic rings. The maximum Gasteiger partial charge on any atom is 0.251 e. The molecule has 0 bridgehead atoms. The van der Waals surface area contributed by atoms with E-state index in [1.165, 1.54) is 5.69 Å². The zero-order chi connectivity index (χ0) is 19.1. The summed E-state index contributed by atoms with van der Waals surface area (Å²) < 4.78 is 5.88. The number of anilines is 1. The van der Waals surface area contributed by atoms with E-state index < -0.39 is 6.10 Å². The van der Waals surface area contributed by atoms with Crippen LogP contribution in [0.25, 0.3) is 0 Å². The Morgan fingerprint density at radius 3 is 2.48 bits per heavy atom. The van der Waals surface area contributed by atoms with Gasteiger partial charge in [0.05, 0.1) is 12.6 Å². The molecule has 1 aliphatic rings. The molecule has 2 aromatic carbocycles. The lowest BCUT2D eigenvalue weighted by molar-refractivity contribution is -0.144. The minimum absolute atomic E-state index is 0.0421. The number of carbonyl (C=O) groups excluding carboxylic acids is 1. The van der Waals surface area contributed by atoms with Crippen molar-refractivity contribution in [1.29, 1.82) is 0 Å². The predicted octanol–water partition coefficient (Wildman–Crippen LogP) is 2.70. The lowest BCUT2D eigenvalue weighted by Gasteiger charge is -2.38. The monoisotopic (exact) mass is 367 g/mol. The molecule has 1 fully saturated rings. The van der Waals surface area contributed by atoms with Gasteiger partial charge in [-0.05, 0) is 31.7 Å². The Kier molecular flexibility index (Phi) is 6.85. The average Bonchev–Trinajstić information content (AvgIpc) is 2.72. The molecule has 1 aliphatic heterocycles. The third kappa shape index (κ3) is 4.87. The number of benzene rings is 2. The summed E-state index contributed by atoms with van der Waals surface area (Å²) in [5.74, 6) is -0.0421. The van der Waals surface area contributed by atoms with Gasteiger partial charge in [0.15, 0.2) is 6.10 Å². The number of nitrogens with one attached hydrogen (secondary N) is 1. The summed E-state index contributed by atoms with van der Waals surface area (Å²) in [5.41, 5.74) is 2.28. The van der Waals surface area contributed by atoms with Crippen molar-refractivity contribution in [3.05, 3.63) is 66.2 Å². The van der Waals surface area contributed by atoms with Gasteiger partial charge >= 0.3 is 0 Å². The second-order valence-corrected chi connectivity index (χ2v) is 6.83. The first-order valence-electron chi connectivity index (χ1n) is 9.65. The van der Waals surface area contributed by atoms with Gasteiger partial charge in [0, 0.05) is 31.9 Å². The van der Waals surface area contributed by atoms with E-state index in [1.54, 1.807) is 0 Å². The largest absolute Gasteiger partial charge is 0.370 e. The van der Waals surface area contributed by atoms with Crippen LogP contribution in [0.5, 0.6) is 0 Å². The van der Waals surface area contributed by atoms with Gasteiger partial charge in [-0.15, -0.1) is 0 Å². The number of rotatable bonds is 7. The number of nitrogens with zero attached hydrogens (tertiary/aromatic N) is 2. The first-order chi connectivity index (χ1) is 13.2. The van der Waals surface area contributed by atoms with Crippen LogP contribution in [0.1, 0.15) is 18.5 Å². The fourth-order valence-corrected chi connectivity index (χ4v) is 3.61. The van der Waals surface area contributed by atoms with Gasteiger partial charge in [-0.25, -0.2) is 0 Å². The number of amides is 1. The Labute approximate surface area is 161 Å². The van der Waals surface area contributed by atoms with Crippen LogP contribution in [0, 0.1) is 0 Å². The van der Waals surface area contributed by atoms with Crippen LogP contribution >= 0.6 is 0 Å². The van der Waals surface area contributed by atoms with Crippen molar-refractivity contribution in [1.82, 2.24) is 10.2 Å². The van der Waals surface area contributed by atoms with Crippen molar-refractivity contribution < 1.29 is 9.53 Å². The molecule has 2 atom stereocenters. The fraction of sp³-hybridized carbons (Fsp3) is 0.409. The first-order valence-corrected chi connectivity index (χ1v) is 9.65. The Hall–Kier alpha value is -2.37. The summed E-state index contributed by atoms with van der Waals surface area (Å²) in [5, 5.41) is 3.07. The molecule has 1 N–H and O–H groups in total. The van der Waals surface area contributed by atoms with E-state index in [2.05, 4.69) is 53.4 Å². The predicted molar refractivity (Wildman–Crippen MR) is 109 cm³/mol. The van der Waals surface area contributed by atoms with Crippen molar-refractivity contribution in [2.75, 3.05) is 44.7 Å². The highest BCUT2D eigenvalue weighted by atomic mass is 16.5. The van der Waals surface area contributed by atoms with E-state index >= 15 is 0 Å². The quantitative estimate of drug-likeness (QED) is 0.817. The molecule has 3 rings (SSSR count). The van der Waals surface area contributed by atoms with Crippen molar-refractivity contribution in [2.24, 2.45) is 0 Å². The second kappa shape index (κ2) is 9.53. The number of morpholine rings is 1. The fourth-order valence-electron chi connectivity index (χ4n) is 3.61. The van der Waals surface area contributed by atoms with Crippen molar-refractivity contribution >= 4 is 11.6 Å². The molecular weight excluding hydrogens is 338 g/mol. The highest BCUT2D eigenvalue weighted by molar-refractivity contribution is 5.82. The summed E-state index contributed by atoms with van der Waals surface area (Å²) >= 11 is 0. The van der Waals surface area contributed by atoms with Crippen molar-refractivity contribution in [3.63, 3.8) is 0 Å². The molecular formula is C22H29N3O2. The molecule has 1 amide bonds. The zero-order valence-corrected chi connectivity index (χ0v) is 16.2. The van der Waals surface area contributed by atoms with Crippen LogP contribution in [-0.4, -0.2) is 56.7 Å². The molecule has 0 radical (unpaired) electrons. The smallest absolute Gasteiger partial charge is 0.251 e. The van der Waals surface area contributed by atoms with E-state index in [-0.39, 0.29) is 11.9 Å². The molecule has 0 saturated carbocycles. The van der Waals surface area contributed by atoms with Crippen LogP contribution in [0.2, 0.25) is 0 Å². The minimum atomic E-state index is -0.488. The van der Waals surface area contributed by atoms with Crippen LogP contribution in [0.15, 0.2) is 60.7 Å². The Balaban J connectivity index is 1.60. The molecule has 144 valence electrons. The molecule has 27 heavy (non-hydrogen) atoms. The van der Waals surface area contributed by atoms with Gasteiger partial charge in [-0.3, -0.25) is 9.69 Å². The summed E-state index contributed by atoms with van der Waals surface area (Å²) in [6.45, 7) is 5.77. The lowest BCUT2D eigenvalue weighted by atomic mass is 9.98. The minimum Gasteiger partial charge on any atom is -0.370 e. The summed E-state index contributed by atoms with van der Waals surface area (Å²) in [6, 6.07) is 20.3. The van der Waals surface area contributed by atoms with E-state index in [1.807, 2.05) is 36.4 Å². The second-order valence-electron chi connectivity index (χ2n) is 6.83. The Morgan fingerprint density at radius 2 is 1.81 bits per heavy atom. The van der Waals surface area contributed by atoms with Gasteiger partial charge in [0.25, 0.3) is 5.91 Å². The number of para-hydroxylation sites is 1. The van der Waals surface area contributed by atoms with Gasteiger partial charge in [-0.2, -0.15) is 0 Å². The number of likely N-dealkylation sites (N-methyl/N-ethyl adjacent to an activating group) is 2. The SMILES string of the molecule is CCN(CCNC(=O)[C@@H]1OCCN(C)[C@H]1c1ccccc1)c1ccccc1. The number of carbonyl (C=O) groups is 1. The van der Waals surface area contributed by atoms with E-state index in [0.29, 0.717) is 13.2 Å². The maximum absolute atomic E-state index is 12.9. The number of hydrogen-bond donors (Lipinski definition) is 1. The molecule has 1 saturated heterocycles. The molecule has 5 nitrogen and oxygen atoms in total. The molecule has 0 aliphatic carbocycles. The van der Waals surface area contributed by atoms with Gasteiger partial charge in [-0.1, -0.05) is 48.5 Å². The van der Waals surface area contributed by atoms with Crippen LogP contribution in [0.4, 0.5) is 5.69 Å². The van der Waals surface area contributed by atoms with Crippen LogP contribution in [0.3, 0.4) is 0 Å². The summed E-state index contributed by atoms with van der Waals surface area (Å²) in [4.78, 5) is 17.3. The highest BCUT2D eigenvalue weighted by Crippen LogP contribution is 2.28. The van der Waals surface area contributed by atoms with Crippen molar-refractivity contribution in [3.8, 4) is 0 Å². The topological polar surface area (TPSA) is 44.8 Å². The zero-order valence-electron chi connectivity index (χ0n) is 16.2. The number of hydrogen-bond acceptors (Lipinski definition) is 4. The average molecular weight is 367 g/mol. The summed E-state index contributed by atoms with van der Waals surface area (Å²) in [6.07, 6.45) is -0.488. The van der Waals surface area contributed by atoms with E-state index in [0.717, 1.165) is 25.2 Å². The molecule has 0 aromatic heterocycles. The van der Waals surface area contributed by atoms with Gasteiger partial charge < -0.3 is 15.0 Å². The van der Waals surface area contributed by atoms with Gasteiger partial charge in [0.2, 0.25) is 0 Å². The third-order valence-corrected chi connectivity index (χ3v) is 5.09. The standard InChI is InChI=1S/C22H29N3O2/c1-3-25(19-12-8-5-9-13-19)15-14-23-22(26)21-20(24(2)16-17-27-21)18-10-6-4-7-11-18/h4-13,20-21H,3,14-17H2,1-2H3,(H,23,26)/t20-,21+/m0/s1. The third-order valence-electron chi connectivity index (χ3n) is 5.09. The lowest BCUT2D eigenvalue weighted by Crippen LogP contribution is -2.51. The normalized spacial score (nSPS) is 20.2. The molecule has 1 heterocycles. The first kappa shape index (κ1) is 19.4. The molecule has 5 heteroatoms. The Morgan fingerprint density at radius 1 is 1.15 bits per heavy atom. The summed E-state index contributed by atoms with van der Waals surface area (Å²) in [7, 11) is 2.05. The Bertz CT molecular complexity index is 708. The van der Waals surface area contributed by atoms with Crippen molar-refractivity contribution in [2.45, 2.75) is 19.1 Å². The van der Waals surface area contributed by atoms with E-state index in [4.69, 9.17) is 4.74 Å². The number of ether oxygens (including phenoxy) is 1.